The molecule has 0 fully saturated rings. The van der Waals surface area contributed by atoms with Crippen LogP contribution in [-0.2, 0) is 0 Å². The molecule has 1 heterocycles. The third-order valence-corrected chi connectivity index (χ3v) is 7.14. The fraction of sp³-hybridized carbons (Fsp3) is 0. The standard InChI is InChI=1S/C35H23N/c1-2-10-24(11-3-1)26-14-8-15-27(22-26)34-30-17-6-7-18-31(30)35(32-20-21-36-23-33(32)34)29-19-9-13-25-12-4-5-16-28(25)29/h1-23H. The maximum Gasteiger partial charge on any atom is 0.0353 e. The van der Waals surface area contributed by atoms with E-state index in [9.17, 15) is 0 Å². The van der Waals surface area contributed by atoms with Crippen molar-refractivity contribution in [2.45, 2.75) is 0 Å². The fourth-order valence-electron chi connectivity index (χ4n) is 5.55. The molecular formula is C35H23N. The number of hydrogen-bond donors (Lipinski definition) is 0. The van der Waals surface area contributed by atoms with Gasteiger partial charge in [0.05, 0.1) is 0 Å². The molecule has 36 heavy (non-hydrogen) atoms. The minimum atomic E-state index is 1.17. The number of fused-ring (bicyclic) bond motifs is 3. The van der Waals surface area contributed by atoms with Gasteiger partial charge in [0.15, 0.2) is 0 Å². The highest BCUT2D eigenvalue weighted by atomic mass is 14.6. The molecule has 1 aromatic heterocycles. The van der Waals surface area contributed by atoms with Crippen LogP contribution in [0, 0.1) is 0 Å². The smallest absolute Gasteiger partial charge is 0.0353 e. The molecular weight excluding hydrogens is 434 g/mol. The average molecular weight is 458 g/mol. The van der Waals surface area contributed by atoms with Crippen LogP contribution in [0.4, 0.5) is 0 Å². The van der Waals surface area contributed by atoms with Crippen LogP contribution in [-0.4, -0.2) is 4.98 Å². The number of pyridine rings is 1. The zero-order valence-corrected chi connectivity index (χ0v) is 19.7. The summed E-state index contributed by atoms with van der Waals surface area (Å²) in [6.07, 6.45) is 3.94. The van der Waals surface area contributed by atoms with E-state index in [1.54, 1.807) is 0 Å². The molecule has 0 saturated carbocycles. The maximum absolute atomic E-state index is 4.58. The van der Waals surface area contributed by atoms with Crippen molar-refractivity contribution in [2.24, 2.45) is 0 Å². The lowest BCUT2D eigenvalue weighted by Gasteiger charge is -2.19. The predicted octanol–water partition coefficient (Wildman–Crippen LogP) is 9.54. The molecule has 0 spiro atoms. The third-order valence-electron chi connectivity index (χ3n) is 7.14. The van der Waals surface area contributed by atoms with E-state index in [1.165, 1.54) is 65.7 Å². The molecule has 7 aromatic rings. The molecule has 0 unspecified atom stereocenters. The summed E-state index contributed by atoms with van der Waals surface area (Å²) in [7, 11) is 0. The molecule has 0 aliphatic heterocycles. The van der Waals surface area contributed by atoms with Gasteiger partial charge in [0, 0.05) is 17.8 Å². The molecule has 0 N–H and O–H groups in total. The monoisotopic (exact) mass is 457 g/mol. The van der Waals surface area contributed by atoms with Crippen molar-refractivity contribution in [3.8, 4) is 33.4 Å². The minimum Gasteiger partial charge on any atom is -0.264 e. The van der Waals surface area contributed by atoms with E-state index in [-0.39, 0.29) is 0 Å². The summed E-state index contributed by atoms with van der Waals surface area (Å²) in [5.41, 5.74) is 7.39. The summed E-state index contributed by atoms with van der Waals surface area (Å²) < 4.78 is 0. The topological polar surface area (TPSA) is 12.9 Å². The Labute approximate surface area is 210 Å². The number of benzene rings is 6. The Morgan fingerprint density at radius 2 is 1.00 bits per heavy atom. The molecule has 0 atom stereocenters. The van der Waals surface area contributed by atoms with Crippen molar-refractivity contribution >= 4 is 32.3 Å². The van der Waals surface area contributed by atoms with Crippen LogP contribution in [0.15, 0.2) is 140 Å². The molecule has 0 bridgehead atoms. The van der Waals surface area contributed by atoms with Crippen LogP contribution in [0.5, 0.6) is 0 Å². The Balaban J connectivity index is 1.59. The molecule has 0 radical (unpaired) electrons. The van der Waals surface area contributed by atoms with E-state index in [2.05, 4.69) is 132 Å². The first kappa shape index (κ1) is 20.6. The Kier molecular flexibility index (Phi) is 4.85. The van der Waals surface area contributed by atoms with Gasteiger partial charge >= 0.3 is 0 Å². The minimum absolute atomic E-state index is 1.17. The zero-order chi connectivity index (χ0) is 23.9. The van der Waals surface area contributed by atoms with Gasteiger partial charge < -0.3 is 0 Å². The van der Waals surface area contributed by atoms with E-state index < -0.39 is 0 Å². The van der Waals surface area contributed by atoms with Crippen LogP contribution >= 0.6 is 0 Å². The molecule has 0 amide bonds. The number of hydrogen-bond acceptors (Lipinski definition) is 1. The first-order chi connectivity index (χ1) is 17.9. The van der Waals surface area contributed by atoms with Gasteiger partial charge in [-0.3, -0.25) is 4.98 Å². The lowest BCUT2D eigenvalue weighted by Crippen LogP contribution is -1.92. The summed E-state index contributed by atoms with van der Waals surface area (Å²) in [5, 5.41) is 7.41. The molecule has 1 nitrogen and oxygen atoms in total. The lowest BCUT2D eigenvalue weighted by molar-refractivity contribution is 1.37. The molecule has 0 aliphatic rings. The first-order valence-electron chi connectivity index (χ1n) is 12.3. The molecule has 0 saturated heterocycles. The number of rotatable bonds is 3. The lowest BCUT2D eigenvalue weighted by atomic mass is 9.85. The highest BCUT2D eigenvalue weighted by molar-refractivity contribution is 6.23. The van der Waals surface area contributed by atoms with Gasteiger partial charge in [-0.1, -0.05) is 115 Å². The van der Waals surface area contributed by atoms with E-state index in [4.69, 9.17) is 0 Å². The van der Waals surface area contributed by atoms with Crippen molar-refractivity contribution in [3.63, 3.8) is 0 Å². The fourth-order valence-corrected chi connectivity index (χ4v) is 5.55. The largest absolute Gasteiger partial charge is 0.264 e. The second-order valence-electron chi connectivity index (χ2n) is 9.19. The van der Waals surface area contributed by atoms with Crippen LogP contribution in [0.25, 0.3) is 65.7 Å². The molecule has 0 aliphatic carbocycles. The second kappa shape index (κ2) is 8.48. The number of nitrogens with zero attached hydrogens (tertiary/aromatic N) is 1. The van der Waals surface area contributed by atoms with Gasteiger partial charge in [0.1, 0.15) is 0 Å². The van der Waals surface area contributed by atoms with Crippen molar-refractivity contribution in [1.82, 2.24) is 4.98 Å². The Hall–Kier alpha value is -4.75. The Morgan fingerprint density at radius 3 is 1.86 bits per heavy atom. The first-order valence-corrected chi connectivity index (χ1v) is 12.3. The van der Waals surface area contributed by atoms with E-state index in [1.807, 2.05) is 12.4 Å². The molecule has 1 heteroatoms. The summed E-state index contributed by atoms with van der Waals surface area (Å²) in [6, 6.07) is 45.7. The predicted molar refractivity (Wildman–Crippen MR) is 153 cm³/mol. The highest BCUT2D eigenvalue weighted by Crippen LogP contribution is 2.45. The van der Waals surface area contributed by atoms with Gasteiger partial charge in [-0.05, 0) is 72.4 Å². The third kappa shape index (κ3) is 3.29. The van der Waals surface area contributed by atoms with E-state index in [0.29, 0.717) is 0 Å². The average Bonchev–Trinajstić information content (AvgIpc) is 2.96. The zero-order valence-electron chi connectivity index (χ0n) is 19.7. The Morgan fingerprint density at radius 1 is 0.389 bits per heavy atom. The SMILES string of the molecule is c1ccc(-c2cccc(-c3c4ccccc4c(-c4cccc5ccccc45)c4ccncc34)c2)cc1. The second-order valence-corrected chi connectivity index (χ2v) is 9.19. The highest BCUT2D eigenvalue weighted by Gasteiger charge is 2.18. The quantitative estimate of drug-likeness (QED) is 0.241. The van der Waals surface area contributed by atoms with Crippen molar-refractivity contribution < 1.29 is 0 Å². The van der Waals surface area contributed by atoms with Crippen molar-refractivity contribution in [3.05, 3.63) is 140 Å². The van der Waals surface area contributed by atoms with Gasteiger partial charge in [-0.25, -0.2) is 0 Å². The van der Waals surface area contributed by atoms with Gasteiger partial charge in [-0.15, -0.1) is 0 Å². The van der Waals surface area contributed by atoms with Gasteiger partial charge in [-0.2, -0.15) is 0 Å². The van der Waals surface area contributed by atoms with Crippen LogP contribution in [0.3, 0.4) is 0 Å². The van der Waals surface area contributed by atoms with Crippen LogP contribution in [0.1, 0.15) is 0 Å². The molecule has 168 valence electrons. The van der Waals surface area contributed by atoms with Crippen molar-refractivity contribution in [2.75, 3.05) is 0 Å². The number of aromatic nitrogens is 1. The normalized spacial score (nSPS) is 11.3. The van der Waals surface area contributed by atoms with E-state index >= 15 is 0 Å². The van der Waals surface area contributed by atoms with E-state index in [0.717, 1.165) is 0 Å². The van der Waals surface area contributed by atoms with Gasteiger partial charge in [0.25, 0.3) is 0 Å². The van der Waals surface area contributed by atoms with Crippen LogP contribution in [0.2, 0.25) is 0 Å². The summed E-state index contributed by atoms with van der Waals surface area (Å²) >= 11 is 0. The summed E-state index contributed by atoms with van der Waals surface area (Å²) in [4.78, 5) is 4.58. The molecule has 6 aromatic carbocycles. The van der Waals surface area contributed by atoms with Gasteiger partial charge in [0.2, 0.25) is 0 Å². The Bertz CT molecular complexity index is 1820. The maximum atomic E-state index is 4.58. The van der Waals surface area contributed by atoms with Crippen molar-refractivity contribution in [1.29, 1.82) is 0 Å². The summed E-state index contributed by atoms with van der Waals surface area (Å²) in [5.74, 6) is 0. The summed E-state index contributed by atoms with van der Waals surface area (Å²) in [6.45, 7) is 0. The molecule has 7 rings (SSSR count). The van der Waals surface area contributed by atoms with Crippen LogP contribution < -0.4 is 0 Å².